The summed E-state index contributed by atoms with van der Waals surface area (Å²) in [7, 11) is 0. The second-order valence-electron chi connectivity index (χ2n) is 4.36. The molecule has 1 heterocycles. The van der Waals surface area contributed by atoms with E-state index in [0.717, 1.165) is 17.1 Å². The summed E-state index contributed by atoms with van der Waals surface area (Å²) in [4.78, 5) is 4.44. The second kappa shape index (κ2) is 5.57. The highest BCUT2D eigenvalue weighted by molar-refractivity contribution is 5.81. The fraction of sp³-hybridized carbons (Fsp3) is 0.188. The number of fused-ring (bicyclic) bond motifs is 1. The van der Waals surface area contributed by atoms with Crippen molar-refractivity contribution < 1.29 is 9.47 Å². The van der Waals surface area contributed by atoms with Gasteiger partial charge in [-0.05, 0) is 29.3 Å². The maximum atomic E-state index is 5.54. The lowest BCUT2D eigenvalue weighted by Crippen LogP contribution is -2.15. The van der Waals surface area contributed by atoms with Gasteiger partial charge in [0.15, 0.2) is 11.5 Å². The molecule has 0 fully saturated rings. The first-order valence-corrected chi connectivity index (χ1v) is 6.35. The van der Waals surface area contributed by atoms with Crippen LogP contribution in [-0.2, 0) is 6.54 Å². The molecule has 19 heavy (non-hydrogen) atoms. The molecule has 96 valence electrons. The molecule has 0 saturated heterocycles. The molecule has 0 aromatic heterocycles. The summed E-state index contributed by atoms with van der Waals surface area (Å²) in [5.41, 5.74) is 2.23. The van der Waals surface area contributed by atoms with Crippen LogP contribution < -0.4 is 9.47 Å². The number of rotatable bonds is 3. The number of nitrogens with zero attached hydrogens (tertiary/aromatic N) is 1. The highest BCUT2D eigenvalue weighted by Crippen LogP contribution is 2.30. The first kappa shape index (κ1) is 11.8. The minimum atomic E-state index is 0.609. The van der Waals surface area contributed by atoms with Crippen LogP contribution in [0.25, 0.3) is 0 Å². The minimum Gasteiger partial charge on any atom is -0.486 e. The largest absolute Gasteiger partial charge is 0.486 e. The molecule has 0 N–H and O–H groups in total. The molecule has 2 aromatic carbocycles. The van der Waals surface area contributed by atoms with Crippen molar-refractivity contribution in [3.63, 3.8) is 0 Å². The molecular formula is C16H15NO2. The molecule has 0 aliphatic carbocycles. The Bertz CT molecular complexity index is 579. The highest BCUT2D eigenvalue weighted by atomic mass is 16.6. The molecule has 3 rings (SSSR count). The first-order chi connectivity index (χ1) is 9.42. The van der Waals surface area contributed by atoms with Crippen molar-refractivity contribution in [2.45, 2.75) is 6.54 Å². The van der Waals surface area contributed by atoms with Crippen LogP contribution in [0.2, 0.25) is 0 Å². The Labute approximate surface area is 112 Å². The third kappa shape index (κ3) is 2.94. The summed E-state index contributed by atoms with van der Waals surface area (Å²) in [6, 6.07) is 16.1. The summed E-state index contributed by atoms with van der Waals surface area (Å²) >= 11 is 0. The number of ether oxygens (including phenoxy) is 2. The Morgan fingerprint density at radius 1 is 0.947 bits per heavy atom. The standard InChI is InChI=1S/C16H15NO2/c1-2-4-13(5-3-1)11-17-12-14-6-7-15-16(10-14)19-9-8-18-15/h1-7,10,12H,8-9,11H2. The van der Waals surface area contributed by atoms with Crippen LogP contribution >= 0.6 is 0 Å². The van der Waals surface area contributed by atoms with Gasteiger partial charge in [0, 0.05) is 6.21 Å². The van der Waals surface area contributed by atoms with Crippen molar-refractivity contribution in [1.29, 1.82) is 0 Å². The monoisotopic (exact) mass is 253 g/mol. The van der Waals surface area contributed by atoms with E-state index in [2.05, 4.69) is 17.1 Å². The van der Waals surface area contributed by atoms with Crippen molar-refractivity contribution >= 4 is 6.21 Å². The van der Waals surface area contributed by atoms with E-state index < -0.39 is 0 Å². The van der Waals surface area contributed by atoms with Gasteiger partial charge in [0.25, 0.3) is 0 Å². The average molecular weight is 253 g/mol. The van der Waals surface area contributed by atoms with Gasteiger partial charge in [-0.1, -0.05) is 30.3 Å². The van der Waals surface area contributed by atoms with Crippen molar-refractivity contribution in [2.75, 3.05) is 13.2 Å². The molecule has 2 aromatic rings. The number of benzene rings is 2. The molecule has 1 aliphatic rings. The fourth-order valence-corrected chi connectivity index (χ4v) is 1.98. The third-order valence-corrected chi connectivity index (χ3v) is 2.92. The topological polar surface area (TPSA) is 30.8 Å². The minimum absolute atomic E-state index is 0.609. The van der Waals surface area contributed by atoms with Gasteiger partial charge in [0.05, 0.1) is 6.54 Å². The molecule has 0 bridgehead atoms. The Hall–Kier alpha value is -2.29. The molecule has 3 nitrogen and oxygen atoms in total. The summed E-state index contributed by atoms with van der Waals surface area (Å²) in [5, 5.41) is 0. The average Bonchev–Trinajstić information content (AvgIpc) is 2.48. The van der Waals surface area contributed by atoms with E-state index in [4.69, 9.17) is 9.47 Å². The second-order valence-corrected chi connectivity index (χ2v) is 4.36. The number of hydrogen-bond acceptors (Lipinski definition) is 3. The van der Waals surface area contributed by atoms with Crippen LogP contribution in [-0.4, -0.2) is 19.4 Å². The predicted octanol–water partition coefficient (Wildman–Crippen LogP) is 3.08. The number of hydrogen-bond donors (Lipinski definition) is 0. The van der Waals surface area contributed by atoms with Gasteiger partial charge in [0.2, 0.25) is 0 Å². The van der Waals surface area contributed by atoms with Crippen LogP contribution in [0.3, 0.4) is 0 Å². The zero-order valence-corrected chi connectivity index (χ0v) is 10.6. The van der Waals surface area contributed by atoms with Gasteiger partial charge in [-0.2, -0.15) is 0 Å². The van der Waals surface area contributed by atoms with Crippen LogP contribution in [0, 0.1) is 0 Å². The Kier molecular flexibility index (Phi) is 3.45. The summed E-state index contributed by atoms with van der Waals surface area (Å²) < 4.78 is 11.0. The van der Waals surface area contributed by atoms with Crippen molar-refractivity contribution in [3.05, 3.63) is 59.7 Å². The van der Waals surface area contributed by atoms with Crippen LogP contribution in [0.5, 0.6) is 11.5 Å². The van der Waals surface area contributed by atoms with E-state index in [1.807, 2.05) is 42.6 Å². The summed E-state index contributed by atoms with van der Waals surface area (Å²) in [6.45, 7) is 1.92. The Morgan fingerprint density at radius 3 is 2.58 bits per heavy atom. The third-order valence-electron chi connectivity index (χ3n) is 2.92. The molecule has 0 unspecified atom stereocenters. The molecule has 0 radical (unpaired) electrons. The zero-order valence-electron chi connectivity index (χ0n) is 10.6. The summed E-state index contributed by atoms with van der Waals surface area (Å²) in [5.74, 6) is 1.61. The Balaban J connectivity index is 1.69. The first-order valence-electron chi connectivity index (χ1n) is 6.35. The lowest BCUT2D eigenvalue weighted by molar-refractivity contribution is 0.171. The van der Waals surface area contributed by atoms with Gasteiger partial charge in [-0.15, -0.1) is 0 Å². The molecule has 0 spiro atoms. The normalized spacial score (nSPS) is 13.7. The van der Waals surface area contributed by atoms with Gasteiger partial charge >= 0.3 is 0 Å². The maximum Gasteiger partial charge on any atom is 0.162 e. The predicted molar refractivity (Wildman–Crippen MR) is 75.2 cm³/mol. The molecule has 0 amide bonds. The molecular weight excluding hydrogens is 238 g/mol. The molecule has 3 heteroatoms. The maximum absolute atomic E-state index is 5.54. The lowest BCUT2D eigenvalue weighted by atomic mass is 10.2. The van der Waals surface area contributed by atoms with E-state index in [9.17, 15) is 0 Å². The van der Waals surface area contributed by atoms with Crippen molar-refractivity contribution in [2.24, 2.45) is 4.99 Å². The molecule has 0 saturated carbocycles. The van der Waals surface area contributed by atoms with Gasteiger partial charge < -0.3 is 9.47 Å². The Morgan fingerprint density at radius 2 is 1.74 bits per heavy atom. The lowest BCUT2D eigenvalue weighted by Gasteiger charge is -2.18. The van der Waals surface area contributed by atoms with Crippen molar-refractivity contribution in [1.82, 2.24) is 0 Å². The van der Waals surface area contributed by atoms with Gasteiger partial charge in [0.1, 0.15) is 13.2 Å². The van der Waals surface area contributed by atoms with Crippen molar-refractivity contribution in [3.8, 4) is 11.5 Å². The smallest absolute Gasteiger partial charge is 0.162 e. The van der Waals surface area contributed by atoms with E-state index in [-0.39, 0.29) is 0 Å². The molecule has 1 aliphatic heterocycles. The quantitative estimate of drug-likeness (QED) is 0.787. The van der Waals surface area contributed by atoms with Crippen LogP contribution in [0.1, 0.15) is 11.1 Å². The fourth-order valence-electron chi connectivity index (χ4n) is 1.98. The SMILES string of the molecule is C(=NCc1ccccc1)c1ccc2c(c1)OCCO2. The van der Waals surface area contributed by atoms with E-state index >= 15 is 0 Å². The van der Waals surface area contributed by atoms with Gasteiger partial charge in [-0.3, -0.25) is 4.99 Å². The van der Waals surface area contributed by atoms with E-state index in [1.54, 1.807) is 0 Å². The van der Waals surface area contributed by atoms with Crippen LogP contribution in [0.15, 0.2) is 53.5 Å². The number of aliphatic imine (C=N–C) groups is 1. The summed E-state index contributed by atoms with van der Waals surface area (Å²) in [6.07, 6.45) is 1.87. The van der Waals surface area contributed by atoms with E-state index in [0.29, 0.717) is 19.8 Å². The molecule has 0 atom stereocenters. The zero-order chi connectivity index (χ0) is 12.9. The van der Waals surface area contributed by atoms with Crippen LogP contribution in [0.4, 0.5) is 0 Å². The van der Waals surface area contributed by atoms with E-state index in [1.165, 1.54) is 5.56 Å². The van der Waals surface area contributed by atoms with Gasteiger partial charge in [-0.25, -0.2) is 0 Å². The highest BCUT2D eigenvalue weighted by Gasteiger charge is 2.10.